The molecule has 0 radical (unpaired) electrons. The molecular weight excluding hydrogens is 414 g/mol. The molecule has 26 heavy (non-hydrogen) atoms. The summed E-state index contributed by atoms with van der Waals surface area (Å²) < 4.78 is 2.83. The molecule has 0 atom stereocenters. The SMILES string of the molecule is Cn1c(SCC(=O)N/N=C/c2cccc(Br)c2)nnc1-c1ccccc1. The summed E-state index contributed by atoms with van der Waals surface area (Å²) >= 11 is 4.71. The van der Waals surface area contributed by atoms with E-state index in [9.17, 15) is 4.79 Å². The third-order valence-corrected chi connectivity index (χ3v) is 4.96. The Kier molecular flexibility index (Phi) is 6.19. The second-order valence-electron chi connectivity index (χ2n) is 5.37. The Labute approximate surface area is 163 Å². The highest BCUT2D eigenvalue weighted by atomic mass is 79.9. The van der Waals surface area contributed by atoms with E-state index < -0.39 is 0 Å². The average Bonchev–Trinajstić information content (AvgIpc) is 3.01. The molecule has 1 heterocycles. The Hall–Kier alpha value is -2.45. The van der Waals surface area contributed by atoms with E-state index in [0.29, 0.717) is 5.16 Å². The van der Waals surface area contributed by atoms with Crippen molar-refractivity contribution in [3.8, 4) is 11.4 Å². The van der Waals surface area contributed by atoms with Crippen LogP contribution in [0.2, 0.25) is 0 Å². The van der Waals surface area contributed by atoms with Gasteiger partial charge in [0.1, 0.15) is 0 Å². The van der Waals surface area contributed by atoms with Crippen molar-refractivity contribution in [1.82, 2.24) is 20.2 Å². The van der Waals surface area contributed by atoms with Crippen LogP contribution >= 0.6 is 27.7 Å². The van der Waals surface area contributed by atoms with Crippen LogP contribution in [0.5, 0.6) is 0 Å². The van der Waals surface area contributed by atoms with E-state index in [1.165, 1.54) is 11.8 Å². The summed E-state index contributed by atoms with van der Waals surface area (Å²) in [5, 5.41) is 13.0. The van der Waals surface area contributed by atoms with E-state index in [1.54, 1.807) is 6.21 Å². The Morgan fingerprint density at radius 3 is 2.81 bits per heavy atom. The summed E-state index contributed by atoms with van der Waals surface area (Å²) in [6.07, 6.45) is 1.60. The number of hydrogen-bond acceptors (Lipinski definition) is 5. The van der Waals surface area contributed by atoms with Gasteiger partial charge in [0.15, 0.2) is 11.0 Å². The number of nitrogens with one attached hydrogen (secondary N) is 1. The maximum atomic E-state index is 11.9. The molecule has 0 aliphatic carbocycles. The fraction of sp³-hybridized carbons (Fsp3) is 0.111. The molecule has 0 saturated carbocycles. The number of hydrazone groups is 1. The van der Waals surface area contributed by atoms with Crippen molar-refractivity contribution in [2.45, 2.75) is 5.16 Å². The Morgan fingerprint density at radius 1 is 1.23 bits per heavy atom. The van der Waals surface area contributed by atoms with Crippen LogP contribution in [0.15, 0.2) is 69.3 Å². The van der Waals surface area contributed by atoms with Crippen LogP contribution in [0.3, 0.4) is 0 Å². The highest BCUT2D eigenvalue weighted by molar-refractivity contribution is 9.10. The zero-order chi connectivity index (χ0) is 18.4. The van der Waals surface area contributed by atoms with Crippen molar-refractivity contribution < 1.29 is 4.79 Å². The summed E-state index contributed by atoms with van der Waals surface area (Å²) in [5.74, 6) is 0.767. The van der Waals surface area contributed by atoms with Gasteiger partial charge in [0.05, 0.1) is 12.0 Å². The van der Waals surface area contributed by atoms with Crippen LogP contribution in [0.4, 0.5) is 0 Å². The number of halogens is 1. The maximum Gasteiger partial charge on any atom is 0.250 e. The number of aromatic nitrogens is 3. The van der Waals surface area contributed by atoms with Crippen molar-refractivity contribution >= 4 is 39.8 Å². The van der Waals surface area contributed by atoms with Crippen LogP contribution in [-0.2, 0) is 11.8 Å². The summed E-state index contributed by atoms with van der Waals surface area (Å²) in [4.78, 5) is 11.9. The fourth-order valence-corrected chi connectivity index (χ4v) is 3.33. The summed E-state index contributed by atoms with van der Waals surface area (Å²) in [6.45, 7) is 0. The largest absolute Gasteiger partial charge is 0.305 e. The van der Waals surface area contributed by atoms with Crippen molar-refractivity contribution in [1.29, 1.82) is 0 Å². The molecule has 132 valence electrons. The van der Waals surface area contributed by atoms with Crippen LogP contribution in [-0.4, -0.2) is 32.6 Å². The molecule has 0 fully saturated rings. The van der Waals surface area contributed by atoms with Gasteiger partial charge in [0, 0.05) is 17.1 Å². The molecule has 1 amide bonds. The molecule has 0 aliphatic rings. The molecule has 1 N–H and O–H groups in total. The van der Waals surface area contributed by atoms with E-state index in [1.807, 2.05) is 66.2 Å². The van der Waals surface area contributed by atoms with Crippen molar-refractivity contribution in [3.05, 3.63) is 64.6 Å². The molecule has 0 unspecified atom stereocenters. The predicted octanol–water partition coefficient (Wildman–Crippen LogP) is 3.49. The lowest BCUT2D eigenvalue weighted by molar-refractivity contribution is -0.118. The van der Waals surface area contributed by atoms with Crippen molar-refractivity contribution in [2.75, 3.05) is 5.75 Å². The number of nitrogens with zero attached hydrogens (tertiary/aromatic N) is 4. The number of amides is 1. The Bertz CT molecular complexity index is 926. The number of benzene rings is 2. The summed E-state index contributed by atoms with van der Waals surface area (Å²) in [6, 6.07) is 17.5. The first-order chi connectivity index (χ1) is 12.6. The Morgan fingerprint density at radius 2 is 2.04 bits per heavy atom. The molecule has 3 aromatic rings. The van der Waals surface area contributed by atoms with Gasteiger partial charge >= 0.3 is 0 Å². The lowest BCUT2D eigenvalue weighted by atomic mass is 10.2. The lowest BCUT2D eigenvalue weighted by Gasteiger charge is -2.03. The molecule has 0 bridgehead atoms. The van der Waals surface area contributed by atoms with Gasteiger partial charge in [-0.25, -0.2) is 5.43 Å². The number of rotatable bonds is 6. The first-order valence-electron chi connectivity index (χ1n) is 7.78. The van der Waals surface area contributed by atoms with Crippen LogP contribution in [0.25, 0.3) is 11.4 Å². The quantitative estimate of drug-likeness (QED) is 0.369. The lowest BCUT2D eigenvalue weighted by Crippen LogP contribution is -2.19. The van der Waals surface area contributed by atoms with Gasteiger partial charge in [-0.15, -0.1) is 10.2 Å². The number of carbonyl (C=O) groups excluding carboxylic acids is 1. The van der Waals surface area contributed by atoms with E-state index in [0.717, 1.165) is 21.4 Å². The standard InChI is InChI=1S/C18H16BrN5OS/c1-24-17(14-7-3-2-4-8-14)22-23-18(24)26-12-16(25)21-20-11-13-6-5-9-15(19)10-13/h2-11H,12H2,1H3,(H,21,25)/b20-11+. The molecule has 0 saturated heterocycles. The third-order valence-electron chi connectivity index (χ3n) is 3.45. The van der Waals surface area contributed by atoms with Crippen LogP contribution in [0, 0.1) is 0 Å². The molecule has 1 aromatic heterocycles. The first-order valence-corrected chi connectivity index (χ1v) is 9.56. The normalized spacial score (nSPS) is 11.0. The smallest absolute Gasteiger partial charge is 0.250 e. The van der Waals surface area contributed by atoms with Crippen LogP contribution < -0.4 is 5.43 Å². The van der Waals surface area contributed by atoms with Crippen LogP contribution in [0.1, 0.15) is 5.56 Å². The minimum absolute atomic E-state index is 0.203. The highest BCUT2D eigenvalue weighted by Crippen LogP contribution is 2.22. The van der Waals surface area contributed by atoms with Gasteiger partial charge in [-0.3, -0.25) is 4.79 Å². The number of hydrogen-bond donors (Lipinski definition) is 1. The van der Waals surface area contributed by atoms with E-state index >= 15 is 0 Å². The zero-order valence-electron chi connectivity index (χ0n) is 14.0. The summed E-state index contributed by atoms with van der Waals surface area (Å²) in [5.41, 5.74) is 4.40. The highest BCUT2D eigenvalue weighted by Gasteiger charge is 2.12. The third kappa shape index (κ3) is 4.80. The van der Waals surface area contributed by atoms with Gasteiger partial charge < -0.3 is 4.57 Å². The zero-order valence-corrected chi connectivity index (χ0v) is 16.4. The van der Waals surface area contributed by atoms with E-state index in [2.05, 4.69) is 36.7 Å². The molecular formula is C18H16BrN5OS. The van der Waals surface area contributed by atoms with Gasteiger partial charge in [-0.1, -0.05) is 70.2 Å². The molecule has 2 aromatic carbocycles. The summed E-state index contributed by atoms with van der Waals surface area (Å²) in [7, 11) is 1.88. The second kappa shape index (κ2) is 8.77. The second-order valence-corrected chi connectivity index (χ2v) is 7.23. The minimum atomic E-state index is -0.203. The average molecular weight is 430 g/mol. The van der Waals surface area contributed by atoms with Gasteiger partial charge in [-0.2, -0.15) is 5.10 Å². The molecule has 6 nitrogen and oxygen atoms in total. The van der Waals surface area contributed by atoms with E-state index in [4.69, 9.17) is 0 Å². The number of carbonyl (C=O) groups is 1. The number of thioether (sulfide) groups is 1. The fourth-order valence-electron chi connectivity index (χ4n) is 2.21. The first kappa shape index (κ1) is 18.3. The van der Waals surface area contributed by atoms with Gasteiger partial charge in [0.2, 0.25) is 0 Å². The molecule has 8 heteroatoms. The van der Waals surface area contributed by atoms with Crippen molar-refractivity contribution in [2.24, 2.45) is 12.1 Å². The monoisotopic (exact) mass is 429 g/mol. The van der Waals surface area contributed by atoms with Crippen molar-refractivity contribution in [3.63, 3.8) is 0 Å². The van der Waals surface area contributed by atoms with E-state index in [-0.39, 0.29) is 11.7 Å². The molecule has 0 aliphatic heterocycles. The topological polar surface area (TPSA) is 72.2 Å². The molecule has 3 rings (SSSR count). The predicted molar refractivity (Wildman–Crippen MR) is 107 cm³/mol. The Balaban J connectivity index is 1.54. The van der Waals surface area contributed by atoms with Gasteiger partial charge in [0.25, 0.3) is 5.91 Å². The minimum Gasteiger partial charge on any atom is -0.305 e. The maximum absolute atomic E-state index is 11.9. The van der Waals surface area contributed by atoms with Gasteiger partial charge in [-0.05, 0) is 17.7 Å². The molecule has 0 spiro atoms.